The van der Waals surface area contributed by atoms with Crippen LogP contribution in [-0.2, 0) is 0 Å². The van der Waals surface area contributed by atoms with Crippen LogP contribution in [0.15, 0.2) is 17.8 Å². The van der Waals surface area contributed by atoms with Gasteiger partial charge in [0.25, 0.3) is 0 Å². The van der Waals surface area contributed by atoms with Crippen LogP contribution >= 0.6 is 0 Å². The largest absolute Gasteiger partial charge is 0.367 e. The summed E-state index contributed by atoms with van der Waals surface area (Å²) < 4.78 is 1.10. The topological polar surface area (TPSA) is 66.6 Å². The predicted molar refractivity (Wildman–Crippen MR) is 50.8 cm³/mol. The van der Waals surface area contributed by atoms with Crippen LogP contribution < -0.4 is 0 Å². The number of hydrazone groups is 1. The second-order valence-electron chi connectivity index (χ2n) is 2.84. The summed E-state index contributed by atoms with van der Waals surface area (Å²) >= 11 is 0. The Morgan fingerprint density at radius 1 is 1.50 bits per heavy atom. The Bertz CT molecular complexity index is 317. The van der Waals surface area contributed by atoms with Gasteiger partial charge < -0.3 is 4.90 Å². The van der Waals surface area contributed by atoms with Gasteiger partial charge in [0.15, 0.2) is 0 Å². The molecular formula is C7H12N6O. The molecule has 1 rings (SSSR count). The van der Waals surface area contributed by atoms with Crippen LogP contribution in [0.5, 0.6) is 0 Å². The number of carbonyl (C=O) groups is 1. The summed E-state index contributed by atoms with van der Waals surface area (Å²) in [4.78, 5) is 16.9. The molecule has 0 unspecified atom stereocenters. The Labute approximate surface area is 81.6 Å². The molecule has 0 aromatic carbocycles. The lowest BCUT2D eigenvalue weighted by Gasteiger charge is -2.11. The van der Waals surface area contributed by atoms with Gasteiger partial charge in [-0.05, 0) is 0 Å². The molecule has 7 heteroatoms. The maximum Gasteiger partial charge on any atom is 0.366 e. The summed E-state index contributed by atoms with van der Waals surface area (Å²) in [5.41, 5.74) is 0. The van der Waals surface area contributed by atoms with E-state index in [0.717, 1.165) is 4.68 Å². The van der Waals surface area contributed by atoms with Crippen molar-refractivity contribution in [2.75, 3.05) is 21.1 Å². The normalized spacial score (nSPS) is 10.5. The monoisotopic (exact) mass is 196 g/mol. The molecule has 1 heterocycles. The van der Waals surface area contributed by atoms with E-state index in [1.807, 2.05) is 14.1 Å². The van der Waals surface area contributed by atoms with Gasteiger partial charge >= 0.3 is 6.03 Å². The Kier molecular flexibility index (Phi) is 3.16. The molecule has 0 saturated carbocycles. The van der Waals surface area contributed by atoms with E-state index in [1.54, 1.807) is 11.9 Å². The molecule has 1 amide bonds. The van der Waals surface area contributed by atoms with Crippen molar-refractivity contribution in [2.45, 2.75) is 0 Å². The van der Waals surface area contributed by atoms with E-state index in [0.29, 0.717) is 0 Å². The van der Waals surface area contributed by atoms with E-state index in [-0.39, 0.29) is 6.03 Å². The van der Waals surface area contributed by atoms with Crippen molar-refractivity contribution >= 4 is 12.4 Å². The number of hydrogen-bond donors (Lipinski definition) is 0. The third kappa shape index (κ3) is 2.54. The minimum absolute atomic E-state index is 0.361. The van der Waals surface area contributed by atoms with Crippen molar-refractivity contribution in [1.82, 2.24) is 24.7 Å². The van der Waals surface area contributed by atoms with Gasteiger partial charge in [-0.3, -0.25) is 0 Å². The van der Waals surface area contributed by atoms with Crippen LogP contribution in [0.2, 0.25) is 0 Å². The number of aromatic nitrogens is 3. The van der Waals surface area contributed by atoms with E-state index >= 15 is 0 Å². The summed E-state index contributed by atoms with van der Waals surface area (Å²) in [6.45, 7) is 0. The molecule has 0 fully saturated rings. The zero-order valence-corrected chi connectivity index (χ0v) is 8.32. The van der Waals surface area contributed by atoms with Crippen LogP contribution in [0, 0.1) is 0 Å². The van der Waals surface area contributed by atoms with Crippen molar-refractivity contribution in [3.05, 3.63) is 12.7 Å². The molecule has 1 aromatic heterocycles. The molecule has 76 valence electrons. The minimum Gasteiger partial charge on any atom is -0.367 e. The molecule has 0 saturated heterocycles. The van der Waals surface area contributed by atoms with Crippen molar-refractivity contribution in [2.24, 2.45) is 5.10 Å². The highest BCUT2D eigenvalue weighted by Crippen LogP contribution is 1.90. The molecule has 0 atom stereocenters. The summed E-state index contributed by atoms with van der Waals surface area (Å²) in [5, 5.41) is 8.74. The Morgan fingerprint density at radius 2 is 2.21 bits per heavy atom. The van der Waals surface area contributed by atoms with Crippen molar-refractivity contribution in [3.63, 3.8) is 0 Å². The minimum atomic E-state index is -0.361. The van der Waals surface area contributed by atoms with Gasteiger partial charge in [-0.25, -0.2) is 14.8 Å². The Hall–Kier alpha value is -1.92. The number of rotatable bonds is 2. The van der Waals surface area contributed by atoms with Gasteiger partial charge in [-0.1, -0.05) is 0 Å². The van der Waals surface area contributed by atoms with Crippen LogP contribution in [0.25, 0.3) is 0 Å². The molecule has 0 N–H and O–H groups in total. The van der Waals surface area contributed by atoms with E-state index in [2.05, 4.69) is 15.2 Å². The van der Waals surface area contributed by atoms with Crippen molar-refractivity contribution in [1.29, 1.82) is 0 Å². The summed E-state index contributed by atoms with van der Waals surface area (Å²) in [5.74, 6) is 0. The van der Waals surface area contributed by atoms with Gasteiger partial charge in [0, 0.05) is 21.1 Å². The Balaban J connectivity index is 2.62. The van der Waals surface area contributed by atoms with E-state index in [4.69, 9.17) is 0 Å². The van der Waals surface area contributed by atoms with Gasteiger partial charge in [-0.2, -0.15) is 14.9 Å². The fraction of sp³-hybridized carbons (Fsp3) is 0.429. The molecule has 0 aliphatic carbocycles. The molecule has 0 aliphatic heterocycles. The number of carbonyl (C=O) groups excluding carboxylic acids is 1. The molecule has 0 aliphatic rings. The maximum absolute atomic E-state index is 11.5. The highest BCUT2D eigenvalue weighted by atomic mass is 16.2. The lowest BCUT2D eigenvalue weighted by molar-refractivity contribution is 0.209. The highest BCUT2D eigenvalue weighted by Gasteiger charge is 2.09. The third-order valence-electron chi connectivity index (χ3n) is 1.35. The van der Waals surface area contributed by atoms with Gasteiger partial charge in [0.1, 0.15) is 19.0 Å². The number of hydrogen-bond acceptors (Lipinski definition) is 4. The van der Waals surface area contributed by atoms with Crippen LogP contribution in [0.4, 0.5) is 4.79 Å². The molecule has 1 aromatic rings. The quantitative estimate of drug-likeness (QED) is 0.369. The summed E-state index contributed by atoms with van der Waals surface area (Å²) in [6.07, 6.45) is 4.14. The first-order valence-corrected chi connectivity index (χ1v) is 3.94. The van der Waals surface area contributed by atoms with Crippen molar-refractivity contribution in [3.8, 4) is 0 Å². The van der Waals surface area contributed by atoms with Crippen LogP contribution in [-0.4, -0.2) is 58.2 Å². The molecule has 14 heavy (non-hydrogen) atoms. The van der Waals surface area contributed by atoms with Crippen LogP contribution in [0.3, 0.4) is 0 Å². The maximum atomic E-state index is 11.5. The van der Waals surface area contributed by atoms with Gasteiger partial charge in [0.2, 0.25) is 0 Å². The summed E-state index contributed by atoms with van der Waals surface area (Å²) in [6, 6.07) is -0.361. The average Bonchev–Trinajstić information content (AvgIpc) is 2.65. The molecular weight excluding hydrogens is 184 g/mol. The standard InChI is InChI=1S/C7H12N6O/c1-11(2)6-10-12(3)7(14)13-5-8-4-9-13/h4-6H,1-3H3/b10-6-. The zero-order valence-electron chi connectivity index (χ0n) is 8.32. The molecule has 7 nitrogen and oxygen atoms in total. The number of amides is 1. The summed E-state index contributed by atoms with van der Waals surface area (Å²) in [7, 11) is 5.18. The zero-order chi connectivity index (χ0) is 10.6. The first-order valence-electron chi connectivity index (χ1n) is 3.94. The lowest BCUT2D eigenvalue weighted by Crippen LogP contribution is -2.28. The van der Waals surface area contributed by atoms with Gasteiger partial charge in [-0.15, -0.1) is 0 Å². The van der Waals surface area contributed by atoms with Crippen molar-refractivity contribution < 1.29 is 4.79 Å². The second-order valence-corrected chi connectivity index (χ2v) is 2.84. The second kappa shape index (κ2) is 4.35. The molecule has 0 bridgehead atoms. The number of nitrogens with zero attached hydrogens (tertiary/aromatic N) is 6. The van der Waals surface area contributed by atoms with E-state index in [9.17, 15) is 4.79 Å². The van der Waals surface area contributed by atoms with Crippen LogP contribution in [0.1, 0.15) is 0 Å². The van der Waals surface area contributed by atoms with E-state index in [1.165, 1.54) is 24.0 Å². The molecule has 0 radical (unpaired) electrons. The highest BCUT2D eigenvalue weighted by molar-refractivity contribution is 5.75. The first kappa shape index (κ1) is 10.2. The molecule has 0 spiro atoms. The first-order chi connectivity index (χ1) is 6.61. The third-order valence-corrected chi connectivity index (χ3v) is 1.35. The van der Waals surface area contributed by atoms with E-state index < -0.39 is 0 Å². The average molecular weight is 196 g/mol. The lowest BCUT2D eigenvalue weighted by atomic mass is 10.9. The fourth-order valence-corrected chi connectivity index (χ4v) is 0.685. The fourth-order valence-electron chi connectivity index (χ4n) is 0.685. The smallest absolute Gasteiger partial charge is 0.366 e. The van der Waals surface area contributed by atoms with Gasteiger partial charge in [0.05, 0.1) is 0 Å². The predicted octanol–water partition coefficient (Wildman–Crippen LogP) is -0.317. The Morgan fingerprint density at radius 3 is 2.71 bits per heavy atom. The SMILES string of the molecule is CN(C)/C=N\N(C)C(=O)n1cncn1.